The van der Waals surface area contributed by atoms with E-state index in [1.165, 1.54) is 7.05 Å². The van der Waals surface area contributed by atoms with Crippen molar-refractivity contribution in [1.82, 2.24) is 15.6 Å². The highest BCUT2D eigenvalue weighted by atomic mass is 16.2. The Labute approximate surface area is 134 Å². The third-order valence-electron chi connectivity index (χ3n) is 3.57. The molecule has 1 aromatic carbocycles. The van der Waals surface area contributed by atoms with Crippen molar-refractivity contribution >= 4 is 22.6 Å². The highest BCUT2D eigenvalue weighted by Crippen LogP contribution is 2.11. The zero-order chi connectivity index (χ0) is 17.0. The zero-order valence-electron chi connectivity index (χ0n) is 13.5. The van der Waals surface area contributed by atoms with Gasteiger partial charge in [0.1, 0.15) is 11.7 Å². The number of carbonyl (C=O) groups excluding carboxylic acids is 2. The fraction of sp³-hybridized carbons (Fsp3) is 0.353. The summed E-state index contributed by atoms with van der Waals surface area (Å²) >= 11 is 0. The Morgan fingerprint density at radius 2 is 1.91 bits per heavy atom. The highest BCUT2D eigenvalue weighted by Gasteiger charge is 2.22. The van der Waals surface area contributed by atoms with Crippen LogP contribution in [0.25, 0.3) is 10.8 Å². The van der Waals surface area contributed by atoms with E-state index in [0.29, 0.717) is 17.2 Å². The summed E-state index contributed by atoms with van der Waals surface area (Å²) in [5, 5.41) is 6.43. The summed E-state index contributed by atoms with van der Waals surface area (Å²) < 4.78 is 0. The maximum absolute atomic E-state index is 12.4. The Morgan fingerprint density at radius 3 is 2.57 bits per heavy atom. The fourth-order valence-electron chi connectivity index (χ4n) is 2.45. The molecular formula is C17H21N3O3. The van der Waals surface area contributed by atoms with Gasteiger partial charge in [0.25, 0.3) is 11.5 Å². The number of nitrogens with one attached hydrogen (secondary N) is 3. The molecule has 1 heterocycles. The minimum Gasteiger partial charge on any atom is -0.357 e. The lowest BCUT2D eigenvalue weighted by Gasteiger charge is -2.19. The van der Waals surface area contributed by atoms with Gasteiger partial charge in [-0.1, -0.05) is 32.0 Å². The van der Waals surface area contributed by atoms with Gasteiger partial charge in [-0.2, -0.15) is 0 Å². The average molecular weight is 315 g/mol. The number of carbonyl (C=O) groups is 2. The third-order valence-corrected chi connectivity index (χ3v) is 3.57. The van der Waals surface area contributed by atoms with Crippen molar-refractivity contribution in [3.8, 4) is 0 Å². The zero-order valence-corrected chi connectivity index (χ0v) is 13.5. The predicted octanol–water partition coefficient (Wildman–Crippen LogP) is 1.42. The van der Waals surface area contributed by atoms with Crippen LogP contribution in [-0.2, 0) is 4.79 Å². The first-order valence-corrected chi connectivity index (χ1v) is 7.57. The third kappa shape index (κ3) is 3.97. The van der Waals surface area contributed by atoms with E-state index in [-0.39, 0.29) is 23.1 Å². The summed E-state index contributed by atoms with van der Waals surface area (Å²) in [6, 6.07) is 8.01. The fourth-order valence-corrected chi connectivity index (χ4v) is 2.45. The van der Waals surface area contributed by atoms with Crippen molar-refractivity contribution in [3.63, 3.8) is 0 Å². The quantitative estimate of drug-likeness (QED) is 0.779. The van der Waals surface area contributed by atoms with Gasteiger partial charge in [0, 0.05) is 12.4 Å². The molecule has 2 rings (SSSR count). The van der Waals surface area contributed by atoms with Gasteiger partial charge in [0.15, 0.2) is 0 Å². The van der Waals surface area contributed by atoms with E-state index in [1.807, 2.05) is 13.8 Å². The molecule has 0 unspecified atom stereocenters. The van der Waals surface area contributed by atoms with E-state index in [1.54, 1.807) is 30.3 Å². The summed E-state index contributed by atoms with van der Waals surface area (Å²) in [5.74, 6) is -0.481. The summed E-state index contributed by atoms with van der Waals surface area (Å²) in [4.78, 5) is 38.9. The molecule has 3 N–H and O–H groups in total. The first-order chi connectivity index (χ1) is 10.9. The maximum Gasteiger partial charge on any atom is 0.268 e. The predicted molar refractivity (Wildman–Crippen MR) is 89.3 cm³/mol. The Hall–Kier alpha value is -2.63. The second kappa shape index (κ2) is 7.09. The number of amides is 2. The number of hydrogen-bond donors (Lipinski definition) is 3. The van der Waals surface area contributed by atoms with Crippen LogP contribution in [0.15, 0.2) is 35.1 Å². The van der Waals surface area contributed by atoms with E-state index in [0.717, 1.165) is 0 Å². The number of fused-ring (bicyclic) bond motifs is 1. The number of pyridine rings is 1. The normalized spacial score (nSPS) is 12.2. The second-order valence-corrected chi connectivity index (χ2v) is 5.87. The minimum atomic E-state index is -0.637. The van der Waals surface area contributed by atoms with Crippen LogP contribution in [0.4, 0.5) is 0 Å². The summed E-state index contributed by atoms with van der Waals surface area (Å²) in [6.45, 7) is 3.94. The van der Waals surface area contributed by atoms with Crippen LogP contribution >= 0.6 is 0 Å². The molecule has 6 heteroatoms. The Kier molecular flexibility index (Phi) is 5.16. The Morgan fingerprint density at radius 1 is 1.22 bits per heavy atom. The second-order valence-electron chi connectivity index (χ2n) is 5.87. The molecule has 0 saturated carbocycles. The van der Waals surface area contributed by atoms with Crippen LogP contribution in [0, 0.1) is 5.92 Å². The van der Waals surface area contributed by atoms with Gasteiger partial charge in [-0.05, 0) is 29.9 Å². The molecule has 0 saturated heterocycles. The topological polar surface area (TPSA) is 91.1 Å². The van der Waals surface area contributed by atoms with Crippen LogP contribution in [-0.4, -0.2) is 29.9 Å². The molecule has 2 aromatic rings. The molecule has 0 aliphatic heterocycles. The lowest BCUT2D eigenvalue weighted by atomic mass is 10.0. The van der Waals surface area contributed by atoms with Gasteiger partial charge in [0.05, 0.1) is 0 Å². The molecule has 6 nitrogen and oxygen atoms in total. The first-order valence-electron chi connectivity index (χ1n) is 7.57. The van der Waals surface area contributed by atoms with Crippen molar-refractivity contribution in [2.24, 2.45) is 5.92 Å². The van der Waals surface area contributed by atoms with Gasteiger partial charge in [-0.3, -0.25) is 14.4 Å². The van der Waals surface area contributed by atoms with E-state index < -0.39 is 11.9 Å². The number of aromatic nitrogens is 1. The molecule has 0 aliphatic rings. The maximum atomic E-state index is 12.4. The summed E-state index contributed by atoms with van der Waals surface area (Å²) in [5.41, 5.74) is -0.181. The standard InChI is InChI=1S/C17H21N3O3/c1-10(2)8-13(16(22)18-3)20-17(23)14-9-11-6-4-5-7-12(11)15(21)19-14/h4-7,9-10,13H,8H2,1-3H3,(H,18,22)(H,19,21)(H,20,23)/t13-/m1/s1. The largest absolute Gasteiger partial charge is 0.357 e. The molecular weight excluding hydrogens is 294 g/mol. The SMILES string of the molecule is CNC(=O)[C@@H](CC(C)C)NC(=O)c1cc2ccccc2c(=O)[nH]1. The number of likely N-dealkylation sites (N-methyl/N-ethyl adjacent to an activating group) is 1. The number of rotatable bonds is 5. The van der Waals surface area contributed by atoms with Crippen molar-refractivity contribution in [1.29, 1.82) is 0 Å². The van der Waals surface area contributed by atoms with Crippen LogP contribution in [0.2, 0.25) is 0 Å². The molecule has 0 radical (unpaired) electrons. The highest BCUT2D eigenvalue weighted by molar-refractivity contribution is 5.98. The molecule has 0 fully saturated rings. The molecule has 2 amide bonds. The van der Waals surface area contributed by atoms with Gasteiger partial charge in [-0.15, -0.1) is 0 Å². The Balaban J connectivity index is 2.28. The monoisotopic (exact) mass is 315 g/mol. The molecule has 23 heavy (non-hydrogen) atoms. The lowest BCUT2D eigenvalue weighted by Crippen LogP contribution is -2.46. The first kappa shape index (κ1) is 16.7. The van der Waals surface area contributed by atoms with Crippen LogP contribution < -0.4 is 16.2 Å². The molecule has 0 bridgehead atoms. The summed E-state index contributed by atoms with van der Waals surface area (Å²) in [7, 11) is 1.53. The van der Waals surface area contributed by atoms with Crippen molar-refractivity contribution in [2.75, 3.05) is 7.05 Å². The van der Waals surface area contributed by atoms with E-state index in [4.69, 9.17) is 0 Å². The molecule has 0 spiro atoms. The van der Waals surface area contributed by atoms with Gasteiger partial charge < -0.3 is 15.6 Å². The van der Waals surface area contributed by atoms with E-state index in [2.05, 4.69) is 15.6 Å². The van der Waals surface area contributed by atoms with E-state index in [9.17, 15) is 14.4 Å². The van der Waals surface area contributed by atoms with Gasteiger partial charge in [-0.25, -0.2) is 0 Å². The smallest absolute Gasteiger partial charge is 0.268 e. The number of aromatic amines is 1. The summed E-state index contributed by atoms with van der Waals surface area (Å²) in [6.07, 6.45) is 0.517. The van der Waals surface area contributed by atoms with Gasteiger partial charge in [0.2, 0.25) is 5.91 Å². The molecule has 0 aliphatic carbocycles. The van der Waals surface area contributed by atoms with Crippen LogP contribution in [0.5, 0.6) is 0 Å². The minimum absolute atomic E-state index is 0.145. The molecule has 1 aromatic heterocycles. The van der Waals surface area contributed by atoms with Crippen molar-refractivity contribution < 1.29 is 9.59 Å². The number of benzene rings is 1. The van der Waals surface area contributed by atoms with Crippen LogP contribution in [0.3, 0.4) is 0 Å². The lowest BCUT2D eigenvalue weighted by molar-refractivity contribution is -0.122. The number of H-pyrrole nitrogens is 1. The molecule has 1 atom stereocenters. The van der Waals surface area contributed by atoms with Gasteiger partial charge >= 0.3 is 0 Å². The van der Waals surface area contributed by atoms with E-state index >= 15 is 0 Å². The Bertz CT molecular complexity index is 780. The molecule has 122 valence electrons. The average Bonchev–Trinajstić information content (AvgIpc) is 2.53. The number of hydrogen-bond acceptors (Lipinski definition) is 3. The van der Waals surface area contributed by atoms with Crippen LogP contribution in [0.1, 0.15) is 30.8 Å². The van der Waals surface area contributed by atoms with Crippen molar-refractivity contribution in [3.05, 3.63) is 46.4 Å². The van der Waals surface area contributed by atoms with Crippen molar-refractivity contribution in [2.45, 2.75) is 26.3 Å².